The van der Waals surface area contributed by atoms with Gasteiger partial charge in [0.2, 0.25) is 0 Å². The second kappa shape index (κ2) is 6.57. The van der Waals surface area contributed by atoms with Crippen LogP contribution in [0.3, 0.4) is 0 Å². The van der Waals surface area contributed by atoms with Crippen LogP contribution >= 0.6 is 0 Å². The molecule has 0 saturated heterocycles. The van der Waals surface area contributed by atoms with Crippen LogP contribution in [-0.2, 0) is 19.9 Å². The summed E-state index contributed by atoms with van der Waals surface area (Å²) in [5, 5.41) is 8.04. The van der Waals surface area contributed by atoms with Crippen molar-refractivity contribution in [1.29, 1.82) is 0 Å². The summed E-state index contributed by atoms with van der Waals surface area (Å²) >= 11 is 0. The molecule has 0 aliphatic carbocycles. The van der Waals surface area contributed by atoms with Gasteiger partial charge in [0.15, 0.2) is 0 Å². The molecule has 0 aliphatic heterocycles. The number of furan rings is 1. The lowest BCUT2D eigenvalue weighted by Crippen LogP contribution is -2.24. The van der Waals surface area contributed by atoms with Crippen molar-refractivity contribution in [3.05, 3.63) is 41.6 Å². The summed E-state index contributed by atoms with van der Waals surface area (Å²) < 4.78 is 7.52. The van der Waals surface area contributed by atoms with Gasteiger partial charge in [0, 0.05) is 19.2 Å². The Kier molecular flexibility index (Phi) is 4.80. The first-order chi connectivity index (χ1) is 9.24. The SMILES string of the molecule is CCCNC(Cc1cc(CC)nn1C)c1ccco1. The highest BCUT2D eigenvalue weighted by Crippen LogP contribution is 2.19. The minimum atomic E-state index is 0.218. The third-order valence-corrected chi connectivity index (χ3v) is 3.33. The summed E-state index contributed by atoms with van der Waals surface area (Å²) in [7, 11) is 2.01. The van der Waals surface area contributed by atoms with Gasteiger partial charge in [-0.05, 0) is 37.6 Å². The molecule has 2 aromatic rings. The summed E-state index contributed by atoms with van der Waals surface area (Å²) in [6, 6.07) is 6.38. The first kappa shape index (κ1) is 13.9. The molecular weight excluding hydrogens is 238 g/mol. The molecule has 0 saturated carbocycles. The zero-order valence-corrected chi connectivity index (χ0v) is 12.0. The summed E-state index contributed by atoms with van der Waals surface area (Å²) in [4.78, 5) is 0. The Morgan fingerprint density at radius 2 is 2.26 bits per heavy atom. The van der Waals surface area contributed by atoms with Crippen LogP contribution in [0.2, 0.25) is 0 Å². The van der Waals surface area contributed by atoms with E-state index in [-0.39, 0.29) is 6.04 Å². The number of nitrogens with one attached hydrogen (secondary N) is 1. The number of rotatable bonds is 7. The molecule has 2 rings (SSSR count). The fourth-order valence-corrected chi connectivity index (χ4v) is 2.23. The van der Waals surface area contributed by atoms with Crippen molar-refractivity contribution in [3.63, 3.8) is 0 Å². The van der Waals surface area contributed by atoms with E-state index in [0.29, 0.717) is 0 Å². The molecular formula is C15H23N3O. The van der Waals surface area contributed by atoms with Gasteiger partial charge in [0.25, 0.3) is 0 Å². The Morgan fingerprint density at radius 3 is 2.84 bits per heavy atom. The van der Waals surface area contributed by atoms with Crippen molar-refractivity contribution in [2.45, 2.75) is 39.2 Å². The highest BCUT2D eigenvalue weighted by Gasteiger charge is 2.16. The lowest BCUT2D eigenvalue weighted by atomic mass is 10.1. The fraction of sp³-hybridized carbons (Fsp3) is 0.533. The Labute approximate surface area is 114 Å². The molecule has 4 nitrogen and oxygen atoms in total. The van der Waals surface area contributed by atoms with E-state index in [1.165, 1.54) is 5.69 Å². The van der Waals surface area contributed by atoms with E-state index in [2.05, 4.69) is 30.3 Å². The van der Waals surface area contributed by atoms with E-state index in [0.717, 1.165) is 37.3 Å². The molecule has 1 unspecified atom stereocenters. The third-order valence-electron chi connectivity index (χ3n) is 3.33. The molecule has 2 aromatic heterocycles. The normalized spacial score (nSPS) is 12.8. The van der Waals surface area contributed by atoms with Crippen LogP contribution in [0, 0.1) is 0 Å². The van der Waals surface area contributed by atoms with Gasteiger partial charge < -0.3 is 9.73 Å². The number of hydrogen-bond acceptors (Lipinski definition) is 3. The van der Waals surface area contributed by atoms with Gasteiger partial charge in [-0.25, -0.2) is 0 Å². The topological polar surface area (TPSA) is 43.0 Å². The average Bonchev–Trinajstić information content (AvgIpc) is 3.04. The highest BCUT2D eigenvalue weighted by atomic mass is 16.3. The molecule has 0 fully saturated rings. The molecule has 0 aromatic carbocycles. The van der Waals surface area contributed by atoms with Crippen molar-refractivity contribution >= 4 is 0 Å². The highest BCUT2D eigenvalue weighted by molar-refractivity contribution is 5.15. The predicted octanol–water partition coefficient (Wildman–Crippen LogP) is 2.86. The van der Waals surface area contributed by atoms with Crippen molar-refractivity contribution in [2.24, 2.45) is 7.05 Å². The van der Waals surface area contributed by atoms with E-state index in [1.54, 1.807) is 6.26 Å². The van der Waals surface area contributed by atoms with Crippen LogP contribution in [0.4, 0.5) is 0 Å². The molecule has 2 heterocycles. The van der Waals surface area contributed by atoms with Crippen LogP contribution in [0.15, 0.2) is 28.9 Å². The monoisotopic (exact) mass is 261 g/mol. The standard InChI is InChI=1S/C15H23N3O/c1-4-8-16-14(15-7-6-9-19-15)11-13-10-12(5-2)17-18(13)3/h6-7,9-10,14,16H,4-5,8,11H2,1-3H3. The molecule has 0 bridgehead atoms. The molecule has 104 valence electrons. The maximum Gasteiger partial charge on any atom is 0.121 e. The van der Waals surface area contributed by atoms with Crippen molar-refractivity contribution < 1.29 is 4.42 Å². The molecule has 0 aliphatic rings. The van der Waals surface area contributed by atoms with E-state index in [9.17, 15) is 0 Å². The molecule has 1 atom stereocenters. The molecule has 4 heteroatoms. The average molecular weight is 261 g/mol. The molecule has 0 radical (unpaired) electrons. The van der Waals surface area contributed by atoms with Crippen LogP contribution in [0.5, 0.6) is 0 Å². The first-order valence-electron chi connectivity index (χ1n) is 7.03. The predicted molar refractivity (Wildman–Crippen MR) is 76.0 cm³/mol. The Bertz CT molecular complexity index is 487. The van der Waals surface area contributed by atoms with Crippen molar-refractivity contribution in [3.8, 4) is 0 Å². The quantitative estimate of drug-likeness (QED) is 0.833. The van der Waals surface area contributed by atoms with Crippen LogP contribution in [0.1, 0.15) is 43.5 Å². The van der Waals surface area contributed by atoms with Crippen molar-refractivity contribution in [1.82, 2.24) is 15.1 Å². The molecule has 1 N–H and O–H groups in total. The maximum absolute atomic E-state index is 5.55. The Hall–Kier alpha value is -1.55. The lowest BCUT2D eigenvalue weighted by molar-refractivity contribution is 0.405. The number of aromatic nitrogens is 2. The maximum atomic E-state index is 5.55. The lowest BCUT2D eigenvalue weighted by Gasteiger charge is -2.16. The Balaban J connectivity index is 2.12. The number of aryl methyl sites for hydroxylation is 2. The van der Waals surface area contributed by atoms with Gasteiger partial charge in [-0.1, -0.05) is 13.8 Å². The fourth-order valence-electron chi connectivity index (χ4n) is 2.23. The first-order valence-corrected chi connectivity index (χ1v) is 7.03. The zero-order valence-electron chi connectivity index (χ0n) is 12.0. The van der Waals surface area contributed by atoms with Crippen molar-refractivity contribution in [2.75, 3.05) is 6.54 Å². The van der Waals surface area contributed by atoms with Gasteiger partial charge in [-0.15, -0.1) is 0 Å². The summed E-state index contributed by atoms with van der Waals surface area (Å²) in [6.07, 6.45) is 4.72. The van der Waals surface area contributed by atoms with Gasteiger partial charge in [0.1, 0.15) is 5.76 Å². The van der Waals surface area contributed by atoms with Crippen LogP contribution in [-0.4, -0.2) is 16.3 Å². The molecule has 0 amide bonds. The Morgan fingerprint density at radius 1 is 1.42 bits per heavy atom. The van der Waals surface area contributed by atoms with E-state index in [4.69, 9.17) is 4.42 Å². The minimum Gasteiger partial charge on any atom is -0.468 e. The third kappa shape index (κ3) is 3.47. The molecule has 0 spiro atoms. The van der Waals surface area contributed by atoms with Crippen LogP contribution < -0.4 is 5.32 Å². The van der Waals surface area contributed by atoms with Gasteiger partial charge in [0.05, 0.1) is 18.0 Å². The number of nitrogens with zero attached hydrogens (tertiary/aromatic N) is 2. The number of hydrogen-bond donors (Lipinski definition) is 1. The van der Waals surface area contributed by atoms with E-state index >= 15 is 0 Å². The minimum absolute atomic E-state index is 0.218. The van der Waals surface area contributed by atoms with E-state index in [1.807, 2.05) is 23.9 Å². The summed E-state index contributed by atoms with van der Waals surface area (Å²) in [5.74, 6) is 0.993. The summed E-state index contributed by atoms with van der Waals surface area (Å²) in [6.45, 7) is 5.29. The van der Waals surface area contributed by atoms with Gasteiger partial charge >= 0.3 is 0 Å². The smallest absolute Gasteiger partial charge is 0.121 e. The van der Waals surface area contributed by atoms with Crippen LogP contribution in [0.25, 0.3) is 0 Å². The van der Waals surface area contributed by atoms with Gasteiger partial charge in [-0.3, -0.25) is 4.68 Å². The summed E-state index contributed by atoms with van der Waals surface area (Å²) in [5.41, 5.74) is 2.38. The second-order valence-corrected chi connectivity index (χ2v) is 4.83. The zero-order chi connectivity index (χ0) is 13.7. The molecule has 19 heavy (non-hydrogen) atoms. The van der Waals surface area contributed by atoms with E-state index < -0.39 is 0 Å². The second-order valence-electron chi connectivity index (χ2n) is 4.83. The van der Waals surface area contributed by atoms with Gasteiger partial charge in [-0.2, -0.15) is 5.10 Å². The largest absolute Gasteiger partial charge is 0.468 e.